The first kappa shape index (κ1) is 24.3. The molecule has 5 rings (SSSR count). The van der Waals surface area contributed by atoms with Crippen LogP contribution in [0, 0.1) is 11.3 Å². The van der Waals surface area contributed by atoms with Gasteiger partial charge in [-0.05, 0) is 67.1 Å². The third-order valence-corrected chi connectivity index (χ3v) is 6.89. The first-order chi connectivity index (χ1) is 18.0. The van der Waals surface area contributed by atoms with Gasteiger partial charge in [-0.25, -0.2) is 0 Å². The average Bonchev–Trinajstić information content (AvgIpc) is 3.38. The Morgan fingerprint density at radius 3 is 2.59 bits per heavy atom. The van der Waals surface area contributed by atoms with Crippen molar-refractivity contribution < 1.29 is 5.11 Å². The Morgan fingerprint density at radius 1 is 1.05 bits per heavy atom. The minimum Gasteiger partial charge on any atom is -0.494 e. The smallest absolute Gasteiger partial charge is 0.258 e. The van der Waals surface area contributed by atoms with Crippen LogP contribution in [0.2, 0.25) is 0 Å². The van der Waals surface area contributed by atoms with E-state index >= 15 is 0 Å². The molecule has 3 heterocycles. The summed E-state index contributed by atoms with van der Waals surface area (Å²) in [5, 5.41) is 20.5. The molecule has 0 amide bonds. The zero-order valence-electron chi connectivity index (χ0n) is 20.9. The van der Waals surface area contributed by atoms with E-state index in [4.69, 9.17) is 5.26 Å². The Bertz CT molecular complexity index is 1520. The number of pyridine rings is 1. The number of nitriles is 1. The van der Waals surface area contributed by atoms with Crippen molar-refractivity contribution in [1.82, 2.24) is 14.5 Å². The number of hydrogen-bond acceptors (Lipinski definition) is 6. The van der Waals surface area contributed by atoms with Crippen molar-refractivity contribution in [3.8, 4) is 23.1 Å². The Labute approximate surface area is 215 Å². The quantitative estimate of drug-likeness (QED) is 0.291. The second-order valence-corrected chi connectivity index (χ2v) is 9.44. The van der Waals surface area contributed by atoms with Crippen LogP contribution < -0.4 is 10.5 Å². The molecule has 1 saturated heterocycles. The van der Waals surface area contributed by atoms with E-state index in [0.717, 1.165) is 56.0 Å². The van der Waals surface area contributed by atoms with Gasteiger partial charge in [-0.3, -0.25) is 14.8 Å². The Kier molecular flexibility index (Phi) is 7.06. The summed E-state index contributed by atoms with van der Waals surface area (Å²) >= 11 is 0. The molecule has 2 N–H and O–H groups in total. The number of anilines is 1. The Hall–Kier alpha value is -4.35. The number of aromatic nitrogens is 2. The molecule has 8 nitrogen and oxygen atoms in total. The van der Waals surface area contributed by atoms with Gasteiger partial charge in [0.25, 0.3) is 5.56 Å². The third-order valence-electron chi connectivity index (χ3n) is 6.89. The van der Waals surface area contributed by atoms with E-state index < -0.39 is 0 Å². The molecule has 2 aromatic heterocycles. The van der Waals surface area contributed by atoms with Crippen LogP contribution >= 0.6 is 0 Å². The number of benzene rings is 2. The highest BCUT2D eigenvalue weighted by molar-refractivity contribution is 6.03. The van der Waals surface area contributed by atoms with Crippen molar-refractivity contribution in [2.75, 3.05) is 38.1 Å². The summed E-state index contributed by atoms with van der Waals surface area (Å²) in [6.07, 6.45) is 6.94. The summed E-state index contributed by atoms with van der Waals surface area (Å²) in [5.41, 5.74) is 3.99. The van der Waals surface area contributed by atoms with Crippen LogP contribution in [0.4, 0.5) is 11.4 Å². The number of aromatic hydroxyl groups is 1. The van der Waals surface area contributed by atoms with Crippen LogP contribution in [0.3, 0.4) is 0 Å². The van der Waals surface area contributed by atoms with Gasteiger partial charge in [-0.15, -0.1) is 0 Å². The topological polar surface area (TPSA) is 101 Å². The zero-order valence-corrected chi connectivity index (χ0v) is 20.9. The lowest BCUT2D eigenvalue weighted by Crippen LogP contribution is -2.44. The number of nitrogens with one attached hydrogen (secondary N) is 1. The average molecular weight is 495 g/mol. The molecule has 0 unspecified atom stereocenters. The summed E-state index contributed by atoms with van der Waals surface area (Å²) in [6, 6.07) is 17.9. The van der Waals surface area contributed by atoms with Crippen LogP contribution in [0.15, 0.2) is 70.7 Å². The Balaban J connectivity index is 1.42. The van der Waals surface area contributed by atoms with E-state index in [0.29, 0.717) is 22.8 Å². The van der Waals surface area contributed by atoms with Gasteiger partial charge in [0.15, 0.2) is 0 Å². The van der Waals surface area contributed by atoms with E-state index in [9.17, 15) is 9.90 Å². The number of H-pyrrole nitrogens is 1. The van der Waals surface area contributed by atoms with E-state index in [-0.39, 0.29) is 11.4 Å². The van der Waals surface area contributed by atoms with Gasteiger partial charge in [-0.2, -0.15) is 5.26 Å². The molecule has 0 spiro atoms. The van der Waals surface area contributed by atoms with Crippen molar-refractivity contribution in [3.05, 3.63) is 76.8 Å². The molecule has 2 aromatic carbocycles. The number of unbranched alkanes of at least 4 members (excludes halogenated alkanes) is 1. The lowest BCUT2D eigenvalue weighted by atomic mass is 10.0. The standard InChI is InChI=1S/C29H30N6O2/c1-33-14-16-35(17-15-33)24-7-5-23(6-8-24)31-19-27-26-18-21(4-9-25(26)28(36)32-29(27)37)22-10-13-34(20-22)12-3-2-11-30/h4-10,13,18-20H,2-3,12,14-17H2,1H3,(H2,32,36,37). The van der Waals surface area contributed by atoms with Crippen LogP contribution in [-0.2, 0) is 6.54 Å². The summed E-state index contributed by atoms with van der Waals surface area (Å²) in [5.74, 6) is -0.207. The molecule has 188 valence electrons. The van der Waals surface area contributed by atoms with E-state index in [2.05, 4.69) is 49.6 Å². The van der Waals surface area contributed by atoms with Gasteiger partial charge in [0, 0.05) is 74.2 Å². The summed E-state index contributed by atoms with van der Waals surface area (Å²) in [4.78, 5) is 24.4. The predicted octanol–water partition coefficient (Wildman–Crippen LogP) is 4.51. The molecule has 0 aliphatic carbocycles. The SMILES string of the molecule is CN1CCN(c2ccc(N=Cc3c(O)[nH]c(=O)c4ccc(-c5ccn(CCCC#N)c5)cc34)cc2)CC1. The maximum atomic E-state index is 12.5. The maximum absolute atomic E-state index is 12.5. The zero-order chi connectivity index (χ0) is 25.8. The molecule has 0 radical (unpaired) electrons. The molecule has 1 aliphatic rings. The molecule has 4 aromatic rings. The summed E-state index contributed by atoms with van der Waals surface area (Å²) in [6.45, 7) is 4.87. The first-order valence-electron chi connectivity index (χ1n) is 12.5. The number of nitrogens with zero attached hydrogens (tertiary/aromatic N) is 5. The number of aryl methyl sites for hydroxylation is 1. The minimum atomic E-state index is -0.346. The first-order valence-corrected chi connectivity index (χ1v) is 12.5. The fraction of sp³-hybridized carbons (Fsp3) is 0.276. The molecular formula is C29H30N6O2. The van der Waals surface area contributed by atoms with Crippen molar-refractivity contribution in [2.45, 2.75) is 19.4 Å². The van der Waals surface area contributed by atoms with Gasteiger partial charge in [-0.1, -0.05) is 6.07 Å². The third kappa shape index (κ3) is 5.42. The Morgan fingerprint density at radius 2 is 1.84 bits per heavy atom. The van der Waals surface area contributed by atoms with Crippen LogP contribution in [0.1, 0.15) is 18.4 Å². The fourth-order valence-corrected chi connectivity index (χ4v) is 4.69. The summed E-state index contributed by atoms with van der Waals surface area (Å²) in [7, 11) is 2.14. The van der Waals surface area contributed by atoms with E-state index in [1.54, 1.807) is 12.3 Å². The van der Waals surface area contributed by atoms with Crippen molar-refractivity contribution >= 4 is 28.4 Å². The van der Waals surface area contributed by atoms with Gasteiger partial charge in [0.1, 0.15) is 0 Å². The second kappa shape index (κ2) is 10.7. The van der Waals surface area contributed by atoms with Crippen LogP contribution in [0.25, 0.3) is 21.9 Å². The van der Waals surface area contributed by atoms with Gasteiger partial charge in [0.2, 0.25) is 5.88 Å². The van der Waals surface area contributed by atoms with Gasteiger partial charge < -0.3 is 19.5 Å². The monoisotopic (exact) mass is 494 g/mol. The molecule has 0 atom stereocenters. The fourth-order valence-electron chi connectivity index (χ4n) is 4.69. The molecule has 8 heteroatoms. The molecule has 0 bridgehead atoms. The normalized spacial score (nSPS) is 14.4. The van der Waals surface area contributed by atoms with Gasteiger partial charge >= 0.3 is 0 Å². The van der Waals surface area contributed by atoms with Crippen LogP contribution in [-0.4, -0.2) is 59.0 Å². The van der Waals surface area contributed by atoms with E-state index in [1.165, 1.54) is 5.69 Å². The summed E-state index contributed by atoms with van der Waals surface area (Å²) < 4.78 is 2.06. The highest BCUT2D eigenvalue weighted by Crippen LogP contribution is 2.28. The molecule has 0 saturated carbocycles. The predicted molar refractivity (Wildman–Crippen MR) is 148 cm³/mol. The van der Waals surface area contributed by atoms with Crippen molar-refractivity contribution in [1.29, 1.82) is 5.26 Å². The number of hydrogen-bond donors (Lipinski definition) is 2. The molecular weight excluding hydrogens is 464 g/mol. The van der Waals surface area contributed by atoms with E-state index in [1.807, 2.05) is 42.7 Å². The number of rotatable bonds is 7. The number of aliphatic imine (C=N–C) groups is 1. The lowest BCUT2D eigenvalue weighted by molar-refractivity contribution is 0.313. The van der Waals surface area contributed by atoms with Crippen molar-refractivity contribution in [2.24, 2.45) is 4.99 Å². The second-order valence-electron chi connectivity index (χ2n) is 9.44. The largest absolute Gasteiger partial charge is 0.494 e. The van der Waals surface area contributed by atoms with Crippen LogP contribution in [0.5, 0.6) is 5.88 Å². The highest BCUT2D eigenvalue weighted by Gasteiger charge is 2.14. The minimum absolute atomic E-state index is 0.207. The number of aromatic amines is 1. The number of piperazine rings is 1. The van der Waals surface area contributed by atoms with Gasteiger partial charge in [0.05, 0.1) is 17.3 Å². The van der Waals surface area contributed by atoms with Crippen molar-refractivity contribution in [3.63, 3.8) is 0 Å². The number of fused-ring (bicyclic) bond motifs is 1. The lowest BCUT2D eigenvalue weighted by Gasteiger charge is -2.34. The number of likely N-dealkylation sites (N-methyl/N-ethyl adjacent to an activating group) is 1. The molecule has 37 heavy (non-hydrogen) atoms. The highest BCUT2D eigenvalue weighted by atomic mass is 16.3. The molecule has 1 aliphatic heterocycles. The maximum Gasteiger partial charge on any atom is 0.258 e. The molecule has 1 fully saturated rings.